The van der Waals surface area contributed by atoms with E-state index in [1.54, 1.807) is 0 Å². The predicted octanol–water partition coefficient (Wildman–Crippen LogP) is 2.38. The summed E-state index contributed by atoms with van der Waals surface area (Å²) in [7, 11) is 0.0964. The third-order valence-corrected chi connectivity index (χ3v) is 2.42. The second kappa shape index (κ2) is 5.02. The first-order chi connectivity index (χ1) is 8.45. The highest BCUT2D eigenvalue weighted by Gasteiger charge is 2.75. The van der Waals surface area contributed by atoms with E-state index in [1.807, 2.05) is 0 Å². The first-order valence-electron chi connectivity index (χ1n) is 4.83. The van der Waals surface area contributed by atoms with Crippen LogP contribution in [-0.2, 0) is 9.47 Å². The Morgan fingerprint density at radius 1 is 1.00 bits per heavy atom. The molecular formula is C8H9F8NO2. The molecule has 3 nitrogen and oxygen atoms in total. The van der Waals surface area contributed by atoms with Crippen molar-refractivity contribution in [2.75, 3.05) is 20.2 Å². The average molecular weight is 303 g/mol. The van der Waals surface area contributed by atoms with Gasteiger partial charge in [0.25, 0.3) is 0 Å². The Hall–Kier alpha value is -0.680. The Morgan fingerprint density at radius 3 is 1.79 bits per heavy atom. The summed E-state index contributed by atoms with van der Waals surface area (Å²) in [6, 6.07) is -5.52. The van der Waals surface area contributed by atoms with E-state index in [-0.39, 0.29) is 7.11 Å². The smallest absolute Gasteiger partial charge is 0.319 e. The van der Waals surface area contributed by atoms with E-state index < -0.39 is 48.8 Å². The van der Waals surface area contributed by atoms with Gasteiger partial charge in [-0.1, -0.05) is 0 Å². The SMILES string of the molecule is COC(F)(F)C(F)(F)C(F)(F)N1CC(F)OC(F)C1. The van der Waals surface area contributed by atoms with Crippen molar-refractivity contribution < 1.29 is 44.6 Å². The van der Waals surface area contributed by atoms with Gasteiger partial charge in [-0.2, -0.15) is 26.3 Å². The van der Waals surface area contributed by atoms with Crippen LogP contribution >= 0.6 is 0 Å². The van der Waals surface area contributed by atoms with Crippen molar-refractivity contribution in [1.82, 2.24) is 4.90 Å². The van der Waals surface area contributed by atoms with Crippen LogP contribution in [0.5, 0.6) is 0 Å². The van der Waals surface area contributed by atoms with Crippen molar-refractivity contribution in [3.05, 3.63) is 0 Å². The lowest BCUT2D eigenvalue weighted by atomic mass is 10.2. The van der Waals surface area contributed by atoms with Gasteiger partial charge in [0.1, 0.15) is 0 Å². The summed E-state index contributed by atoms with van der Waals surface area (Å²) in [5.41, 5.74) is 0. The topological polar surface area (TPSA) is 21.7 Å². The Labute approximate surface area is 102 Å². The van der Waals surface area contributed by atoms with Crippen molar-refractivity contribution in [3.8, 4) is 0 Å². The third-order valence-electron chi connectivity index (χ3n) is 2.42. The van der Waals surface area contributed by atoms with E-state index in [4.69, 9.17) is 0 Å². The van der Waals surface area contributed by atoms with Gasteiger partial charge in [-0.25, -0.2) is 13.7 Å². The summed E-state index contributed by atoms with van der Waals surface area (Å²) < 4.78 is 110. The molecule has 0 radical (unpaired) electrons. The monoisotopic (exact) mass is 303 g/mol. The second-order valence-corrected chi connectivity index (χ2v) is 3.70. The standard InChI is InChI=1S/C8H9F8NO2/c1-18-8(15,16)6(11,12)7(13,14)17-2-4(9)19-5(10)3-17/h4-5H,2-3H2,1H3. The van der Waals surface area contributed by atoms with Gasteiger partial charge in [0.05, 0.1) is 13.1 Å². The van der Waals surface area contributed by atoms with Gasteiger partial charge >= 0.3 is 18.1 Å². The molecule has 0 N–H and O–H groups in total. The molecule has 2 atom stereocenters. The predicted molar refractivity (Wildman–Crippen MR) is 44.3 cm³/mol. The second-order valence-electron chi connectivity index (χ2n) is 3.70. The Kier molecular flexibility index (Phi) is 4.32. The molecule has 11 heteroatoms. The molecule has 0 aromatic rings. The molecule has 1 saturated heterocycles. The largest absolute Gasteiger partial charge is 0.427 e. The van der Waals surface area contributed by atoms with Crippen LogP contribution in [0.2, 0.25) is 0 Å². The van der Waals surface area contributed by atoms with E-state index in [0.717, 1.165) is 0 Å². The lowest BCUT2D eigenvalue weighted by Crippen LogP contribution is -2.65. The molecule has 1 rings (SSSR count). The van der Waals surface area contributed by atoms with Gasteiger partial charge in [-0.15, -0.1) is 0 Å². The fourth-order valence-electron chi connectivity index (χ4n) is 1.40. The highest BCUT2D eigenvalue weighted by Crippen LogP contribution is 2.48. The maximum atomic E-state index is 13.3. The van der Waals surface area contributed by atoms with Crippen molar-refractivity contribution in [2.45, 2.75) is 30.8 Å². The van der Waals surface area contributed by atoms with Crippen LogP contribution < -0.4 is 0 Å². The average Bonchev–Trinajstić information content (AvgIpc) is 2.27. The number of morpholine rings is 1. The van der Waals surface area contributed by atoms with Crippen LogP contribution in [0.15, 0.2) is 0 Å². The summed E-state index contributed by atoms with van der Waals surface area (Å²) in [5, 5.41) is 0. The number of hydrogen-bond donors (Lipinski definition) is 0. The normalized spacial score (nSPS) is 27.6. The van der Waals surface area contributed by atoms with Crippen molar-refractivity contribution in [3.63, 3.8) is 0 Å². The number of methoxy groups -OCH3 is 1. The Balaban J connectivity index is 3.02. The molecule has 0 bridgehead atoms. The quantitative estimate of drug-likeness (QED) is 0.588. The van der Waals surface area contributed by atoms with Crippen LogP contribution in [-0.4, -0.2) is 55.9 Å². The zero-order chi connectivity index (χ0) is 15.1. The van der Waals surface area contributed by atoms with Crippen molar-refractivity contribution in [1.29, 1.82) is 0 Å². The molecule has 2 unspecified atom stereocenters. The molecule has 0 aromatic heterocycles. The summed E-state index contributed by atoms with van der Waals surface area (Å²) in [5.74, 6) is -5.98. The fraction of sp³-hybridized carbons (Fsp3) is 1.00. The minimum atomic E-state index is -5.98. The fourth-order valence-corrected chi connectivity index (χ4v) is 1.40. The van der Waals surface area contributed by atoms with E-state index in [2.05, 4.69) is 9.47 Å². The number of hydrogen-bond acceptors (Lipinski definition) is 3. The van der Waals surface area contributed by atoms with E-state index in [0.29, 0.717) is 0 Å². The lowest BCUT2D eigenvalue weighted by Gasteiger charge is -2.41. The summed E-state index contributed by atoms with van der Waals surface area (Å²) in [4.78, 5) is -0.751. The van der Waals surface area contributed by atoms with Crippen LogP contribution in [0.3, 0.4) is 0 Å². The molecule has 0 aromatic carbocycles. The van der Waals surface area contributed by atoms with E-state index in [1.165, 1.54) is 0 Å². The zero-order valence-corrected chi connectivity index (χ0v) is 9.36. The number of alkyl halides is 8. The van der Waals surface area contributed by atoms with Crippen molar-refractivity contribution in [2.24, 2.45) is 0 Å². The summed E-state index contributed by atoms with van der Waals surface area (Å²) >= 11 is 0. The Morgan fingerprint density at radius 2 is 1.42 bits per heavy atom. The van der Waals surface area contributed by atoms with Crippen LogP contribution in [0, 0.1) is 0 Å². The van der Waals surface area contributed by atoms with Gasteiger partial charge in [0, 0.05) is 7.11 Å². The molecule has 0 aliphatic carbocycles. The number of rotatable bonds is 4. The highest BCUT2D eigenvalue weighted by molar-refractivity contribution is 4.93. The highest BCUT2D eigenvalue weighted by atomic mass is 19.4. The van der Waals surface area contributed by atoms with Gasteiger partial charge in [0.2, 0.25) is 12.7 Å². The molecule has 0 saturated carbocycles. The van der Waals surface area contributed by atoms with Gasteiger partial charge in [-0.3, -0.25) is 0 Å². The zero-order valence-electron chi connectivity index (χ0n) is 9.36. The molecule has 1 heterocycles. The summed E-state index contributed by atoms with van der Waals surface area (Å²) in [6.07, 6.45) is -10.8. The van der Waals surface area contributed by atoms with Gasteiger partial charge in [0.15, 0.2) is 0 Å². The van der Waals surface area contributed by atoms with E-state index in [9.17, 15) is 35.1 Å². The first kappa shape index (κ1) is 16.4. The molecule has 0 spiro atoms. The van der Waals surface area contributed by atoms with E-state index >= 15 is 0 Å². The van der Waals surface area contributed by atoms with Crippen molar-refractivity contribution >= 4 is 0 Å². The number of halogens is 8. The van der Waals surface area contributed by atoms with Crippen LogP contribution in [0.1, 0.15) is 0 Å². The molecule has 114 valence electrons. The molecule has 0 amide bonds. The third kappa shape index (κ3) is 2.77. The van der Waals surface area contributed by atoms with Crippen LogP contribution in [0.4, 0.5) is 35.1 Å². The maximum absolute atomic E-state index is 13.3. The maximum Gasteiger partial charge on any atom is 0.427 e. The number of ether oxygens (including phenoxy) is 2. The lowest BCUT2D eigenvalue weighted by molar-refractivity contribution is -0.425. The molecule has 1 fully saturated rings. The van der Waals surface area contributed by atoms with Gasteiger partial charge < -0.3 is 9.47 Å². The molecule has 1 aliphatic heterocycles. The van der Waals surface area contributed by atoms with Gasteiger partial charge in [-0.05, 0) is 0 Å². The molecular weight excluding hydrogens is 294 g/mol. The molecule has 19 heavy (non-hydrogen) atoms. The molecule has 1 aliphatic rings. The number of nitrogens with zero attached hydrogens (tertiary/aromatic N) is 1. The minimum absolute atomic E-state index is 0.0964. The first-order valence-corrected chi connectivity index (χ1v) is 4.83. The summed E-state index contributed by atoms with van der Waals surface area (Å²) in [6.45, 7) is -2.97. The minimum Gasteiger partial charge on any atom is -0.319 e. The van der Waals surface area contributed by atoms with Crippen LogP contribution in [0.25, 0.3) is 0 Å². The Bertz CT molecular complexity index is 316.